The minimum atomic E-state index is -3.52. The molecule has 1 fully saturated rings. The van der Waals surface area contributed by atoms with Crippen LogP contribution >= 0.6 is 0 Å². The van der Waals surface area contributed by atoms with Gasteiger partial charge in [0, 0.05) is 11.6 Å². The highest BCUT2D eigenvalue weighted by molar-refractivity contribution is 7.90. The molecule has 1 saturated carbocycles. The van der Waals surface area contributed by atoms with E-state index in [1.54, 1.807) is 12.1 Å². The molecule has 0 spiro atoms. The minimum Gasteiger partial charge on any atom is -0.384 e. The molecule has 1 aliphatic rings. The molecule has 2 rings (SSSR count). The van der Waals surface area contributed by atoms with Crippen LogP contribution in [0.5, 0.6) is 0 Å². The average molecular weight is 280 g/mol. The van der Waals surface area contributed by atoms with Gasteiger partial charge in [0.1, 0.15) is 6.61 Å². The lowest BCUT2D eigenvalue weighted by atomic mass is 10.1. The second-order valence-electron chi connectivity index (χ2n) is 4.55. The first-order valence-electron chi connectivity index (χ1n) is 6.00. The monoisotopic (exact) mass is 280 g/mol. The van der Waals surface area contributed by atoms with Crippen molar-refractivity contribution in [2.75, 3.05) is 11.3 Å². The largest absolute Gasteiger partial charge is 0.384 e. The van der Waals surface area contributed by atoms with Gasteiger partial charge in [-0.25, -0.2) is 0 Å². The van der Waals surface area contributed by atoms with Crippen molar-refractivity contribution < 1.29 is 13.5 Å². The summed E-state index contributed by atoms with van der Waals surface area (Å²) < 4.78 is 28.6. The molecule has 0 atom stereocenters. The van der Waals surface area contributed by atoms with Crippen molar-refractivity contribution in [1.29, 1.82) is 0 Å². The van der Waals surface area contributed by atoms with Gasteiger partial charge >= 0.3 is 0 Å². The SMILES string of the molecule is Cc1cc(C#CCO)cc(NS(=O)(=O)NC2CC2)c1. The van der Waals surface area contributed by atoms with E-state index in [9.17, 15) is 8.42 Å². The zero-order valence-electron chi connectivity index (χ0n) is 10.6. The number of nitrogens with one attached hydrogen (secondary N) is 2. The second kappa shape index (κ2) is 5.61. The van der Waals surface area contributed by atoms with Crippen molar-refractivity contribution in [3.63, 3.8) is 0 Å². The van der Waals surface area contributed by atoms with Crippen LogP contribution in [-0.2, 0) is 10.2 Å². The molecule has 0 bridgehead atoms. The van der Waals surface area contributed by atoms with Crippen LogP contribution in [0.2, 0.25) is 0 Å². The topological polar surface area (TPSA) is 78.4 Å². The number of rotatable bonds is 4. The van der Waals surface area contributed by atoms with Crippen LogP contribution < -0.4 is 9.44 Å². The van der Waals surface area contributed by atoms with E-state index in [0.717, 1.165) is 18.4 Å². The lowest BCUT2D eigenvalue weighted by Crippen LogP contribution is -2.31. The van der Waals surface area contributed by atoms with Gasteiger partial charge in [0.2, 0.25) is 0 Å². The van der Waals surface area contributed by atoms with Crippen LogP contribution in [0.3, 0.4) is 0 Å². The average Bonchev–Trinajstić information content (AvgIpc) is 3.07. The molecular formula is C13H16N2O3S. The van der Waals surface area contributed by atoms with E-state index in [1.807, 2.05) is 13.0 Å². The third-order valence-corrected chi connectivity index (χ3v) is 3.69. The molecule has 102 valence electrons. The van der Waals surface area contributed by atoms with E-state index in [0.29, 0.717) is 11.3 Å². The van der Waals surface area contributed by atoms with Gasteiger partial charge in [-0.05, 0) is 43.5 Å². The Morgan fingerprint density at radius 2 is 2.11 bits per heavy atom. The fourth-order valence-electron chi connectivity index (χ4n) is 1.66. The van der Waals surface area contributed by atoms with Crippen LogP contribution in [0.25, 0.3) is 0 Å². The van der Waals surface area contributed by atoms with E-state index in [1.165, 1.54) is 0 Å². The van der Waals surface area contributed by atoms with Gasteiger partial charge in [0.05, 0.1) is 5.69 Å². The lowest BCUT2D eigenvalue weighted by molar-refractivity contribution is 0.350. The number of hydrogen-bond donors (Lipinski definition) is 3. The number of benzene rings is 1. The van der Waals surface area contributed by atoms with Gasteiger partial charge < -0.3 is 5.11 Å². The first-order valence-corrected chi connectivity index (χ1v) is 7.48. The van der Waals surface area contributed by atoms with Gasteiger partial charge in [-0.1, -0.05) is 11.8 Å². The Morgan fingerprint density at radius 3 is 2.74 bits per heavy atom. The van der Waals surface area contributed by atoms with Crippen LogP contribution in [0.4, 0.5) is 5.69 Å². The Bertz CT molecular complexity index is 625. The molecule has 1 aromatic rings. The minimum absolute atomic E-state index is 0.0657. The molecule has 1 aromatic carbocycles. The molecule has 5 nitrogen and oxygen atoms in total. The highest BCUT2D eigenvalue weighted by Crippen LogP contribution is 2.21. The Balaban J connectivity index is 2.17. The third-order valence-electron chi connectivity index (χ3n) is 2.54. The van der Waals surface area contributed by atoms with E-state index in [-0.39, 0.29) is 12.6 Å². The number of aliphatic hydroxyl groups is 1. The summed E-state index contributed by atoms with van der Waals surface area (Å²) in [6, 6.07) is 5.27. The van der Waals surface area contributed by atoms with E-state index in [4.69, 9.17) is 5.11 Å². The maximum absolute atomic E-state index is 11.8. The smallest absolute Gasteiger partial charge is 0.299 e. The maximum Gasteiger partial charge on any atom is 0.299 e. The summed E-state index contributed by atoms with van der Waals surface area (Å²) in [4.78, 5) is 0. The van der Waals surface area contributed by atoms with Gasteiger partial charge in [-0.3, -0.25) is 4.72 Å². The molecule has 0 aromatic heterocycles. The van der Waals surface area contributed by atoms with Gasteiger partial charge in [-0.15, -0.1) is 0 Å². The Morgan fingerprint density at radius 1 is 1.37 bits per heavy atom. The first-order chi connectivity index (χ1) is 8.98. The summed E-state index contributed by atoms with van der Waals surface area (Å²) in [6.45, 7) is 1.63. The predicted octanol–water partition coefficient (Wildman–Crippen LogP) is 0.748. The zero-order chi connectivity index (χ0) is 13.9. The fourth-order valence-corrected chi connectivity index (χ4v) is 2.82. The summed E-state index contributed by atoms with van der Waals surface area (Å²) >= 11 is 0. The highest BCUT2D eigenvalue weighted by Gasteiger charge is 2.26. The summed E-state index contributed by atoms with van der Waals surface area (Å²) in [5.74, 6) is 5.30. The second-order valence-corrected chi connectivity index (χ2v) is 5.99. The Labute approximate surface area is 113 Å². The molecular weight excluding hydrogens is 264 g/mol. The Kier molecular flexibility index (Phi) is 4.10. The molecule has 0 aliphatic heterocycles. The number of anilines is 1. The standard InChI is InChI=1S/C13H16N2O3S/c1-10-7-11(3-2-6-16)9-13(8-10)15-19(17,18)14-12-4-5-12/h7-9,12,14-16H,4-6H2,1H3. The Hall–Kier alpha value is -1.55. The molecule has 0 unspecified atom stereocenters. The van der Waals surface area contributed by atoms with Crippen molar-refractivity contribution in [3.8, 4) is 11.8 Å². The third kappa shape index (κ3) is 4.56. The molecule has 1 aliphatic carbocycles. The fraction of sp³-hybridized carbons (Fsp3) is 0.385. The summed E-state index contributed by atoms with van der Waals surface area (Å²) in [5, 5.41) is 8.66. The van der Waals surface area contributed by atoms with Gasteiger partial charge in [0.15, 0.2) is 0 Å². The normalized spacial score (nSPS) is 14.6. The summed E-state index contributed by atoms with van der Waals surface area (Å²) in [5.41, 5.74) is 2.03. The molecule has 0 radical (unpaired) electrons. The molecule has 0 heterocycles. The van der Waals surface area contributed by atoms with Crippen LogP contribution in [0.15, 0.2) is 18.2 Å². The van der Waals surface area contributed by atoms with Crippen LogP contribution in [-0.4, -0.2) is 26.2 Å². The summed E-state index contributed by atoms with van der Waals surface area (Å²) in [7, 11) is -3.52. The first kappa shape index (κ1) is 13.9. The number of hydrogen-bond acceptors (Lipinski definition) is 3. The van der Waals surface area contributed by atoms with Gasteiger partial charge in [0.25, 0.3) is 10.2 Å². The van der Waals surface area contributed by atoms with Gasteiger partial charge in [-0.2, -0.15) is 13.1 Å². The molecule has 0 amide bonds. The zero-order valence-corrected chi connectivity index (χ0v) is 11.4. The predicted molar refractivity (Wildman–Crippen MR) is 73.8 cm³/mol. The maximum atomic E-state index is 11.8. The molecule has 0 saturated heterocycles. The molecule has 3 N–H and O–H groups in total. The number of aliphatic hydroxyl groups excluding tert-OH is 1. The van der Waals surface area contributed by atoms with Crippen molar-refractivity contribution in [1.82, 2.24) is 4.72 Å². The van der Waals surface area contributed by atoms with E-state index >= 15 is 0 Å². The molecule has 6 heteroatoms. The van der Waals surface area contributed by atoms with E-state index < -0.39 is 10.2 Å². The van der Waals surface area contributed by atoms with Crippen molar-refractivity contribution in [2.24, 2.45) is 0 Å². The van der Waals surface area contributed by atoms with Crippen molar-refractivity contribution >= 4 is 15.9 Å². The molecule has 19 heavy (non-hydrogen) atoms. The van der Waals surface area contributed by atoms with Crippen molar-refractivity contribution in [3.05, 3.63) is 29.3 Å². The quantitative estimate of drug-likeness (QED) is 0.712. The van der Waals surface area contributed by atoms with Crippen LogP contribution in [0, 0.1) is 18.8 Å². The van der Waals surface area contributed by atoms with E-state index in [2.05, 4.69) is 21.3 Å². The van der Waals surface area contributed by atoms with Crippen molar-refractivity contribution in [2.45, 2.75) is 25.8 Å². The highest BCUT2D eigenvalue weighted by atomic mass is 32.2. The van der Waals surface area contributed by atoms with Crippen LogP contribution in [0.1, 0.15) is 24.0 Å². The summed E-state index contributed by atoms with van der Waals surface area (Å²) in [6.07, 6.45) is 1.78. The number of aryl methyl sites for hydroxylation is 1. The lowest BCUT2D eigenvalue weighted by Gasteiger charge is -2.09.